The molecule has 0 bridgehead atoms. The van der Waals surface area contributed by atoms with Crippen molar-refractivity contribution in [2.45, 2.75) is 12.8 Å². The third-order valence-electron chi connectivity index (χ3n) is 2.36. The van der Waals surface area contributed by atoms with Crippen LogP contribution >= 0.6 is 0 Å². The molecule has 0 atom stereocenters. The van der Waals surface area contributed by atoms with Crippen LogP contribution in [0.3, 0.4) is 0 Å². The van der Waals surface area contributed by atoms with Gasteiger partial charge in [-0.2, -0.15) is 0 Å². The van der Waals surface area contributed by atoms with E-state index in [1.165, 1.54) is 0 Å². The molecule has 0 saturated carbocycles. The lowest BCUT2D eigenvalue weighted by molar-refractivity contribution is -0.116. The zero-order valence-corrected chi connectivity index (χ0v) is 8.32. The largest absolute Gasteiger partial charge is 0.491 e. The number of rotatable bonds is 3. The summed E-state index contributed by atoms with van der Waals surface area (Å²) in [6, 6.07) is 5.54. The molecule has 1 aliphatic heterocycles. The minimum absolute atomic E-state index is 0.00394. The Bertz CT molecular complexity index is 376. The number of nitrogens with one attached hydrogen (secondary N) is 1. The lowest BCUT2D eigenvalue weighted by Crippen LogP contribution is -2.19. The van der Waals surface area contributed by atoms with Gasteiger partial charge in [-0.05, 0) is 18.6 Å². The van der Waals surface area contributed by atoms with E-state index < -0.39 is 0 Å². The first-order chi connectivity index (χ1) is 7.31. The fraction of sp³-hybridized carbons (Fsp3) is 0.364. The van der Waals surface area contributed by atoms with E-state index in [9.17, 15) is 4.79 Å². The summed E-state index contributed by atoms with van der Waals surface area (Å²) >= 11 is 0. The van der Waals surface area contributed by atoms with Gasteiger partial charge in [0, 0.05) is 17.7 Å². The van der Waals surface area contributed by atoms with Gasteiger partial charge in [-0.25, -0.2) is 0 Å². The predicted octanol–water partition coefficient (Wildman–Crippen LogP) is 0.942. The van der Waals surface area contributed by atoms with E-state index in [1.54, 1.807) is 0 Å². The van der Waals surface area contributed by atoms with Crippen molar-refractivity contribution in [3.05, 3.63) is 23.8 Å². The molecule has 1 aromatic rings. The smallest absolute Gasteiger partial charge is 0.224 e. The first-order valence-electron chi connectivity index (χ1n) is 4.96. The van der Waals surface area contributed by atoms with Crippen molar-refractivity contribution in [1.82, 2.24) is 0 Å². The number of ether oxygens (including phenoxy) is 1. The lowest BCUT2D eigenvalue weighted by Gasteiger charge is -2.19. The van der Waals surface area contributed by atoms with Crippen molar-refractivity contribution in [3.8, 4) is 5.75 Å². The van der Waals surface area contributed by atoms with Crippen molar-refractivity contribution in [1.29, 1.82) is 0 Å². The standard InChI is InChI=1S/C11H13NO3/c13-6-7-15-10-3-1-2-9-8(10)4-5-11(14)12-9/h1-3,13H,4-7H2,(H,12,14). The molecule has 1 heterocycles. The maximum Gasteiger partial charge on any atom is 0.224 e. The van der Waals surface area contributed by atoms with Gasteiger partial charge in [0.25, 0.3) is 0 Å². The van der Waals surface area contributed by atoms with Crippen LogP contribution in [-0.2, 0) is 11.2 Å². The first kappa shape index (κ1) is 9.98. The van der Waals surface area contributed by atoms with Gasteiger partial charge in [-0.3, -0.25) is 4.79 Å². The number of anilines is 1. The van der Waals surface area contributed by atoms with Crippen molar-refractivity contribution >= 4 is 11.6 Å². The van der Waals surface area contributed by atoms with Crippen LogP contribution in [0.4, 0.5) is 5.69 Å². The van der Waals surface area contributed by atoms with Crippen molar-refractivity contribution < 1.29 is 14.6 Å². The van der Waals surface area contributed by atoms with Crippen LogP contribution in [0.15, 0.2) is 18.2 Å². The van der Waals surface area contributed by atoms with Crippen LogP contribution in [0.5, 0.6) is 5.75 Å². The molecular weight excluding hydrogens is 194 g/mol. The molecule has 1 aromatic carbocycles. The molecule has 0 aliphatic carbocycles. The molecule has 0 saturated heterocycles. The van der Waals surface area contributed by atoms with Crippen LogP contribution in [0.2, 0.25) is 0 Å². The molecular formula is C11H13NO3. The van der Waals surface area contributed by atoms with Crippen LogP contribution in [0.1, 0.15) is 12.0 Å². The number of carbonyl (C=O) groups excluding carboxylic acids is 1. The average Bonchev–Trinajstić information content (AvgIpc) is 2.25. The van der Waals surface area contributed by atoms with E-state index in [0.717, 1.165) is 17.0 Å². The second-order valence-corrected chi connectivity index (χ2v) is 3.40. The van der Waals surface area contributed by atoms with Gasteiger partial charge >= 0.3 is 0 Å². The Morgan fingerprint density at radius 1 is 1.40 bits per heavy atom. The summed E-state index contributed by atoms with van der Waals surface area (Å²) in [6.45, 7) is 0.278. The molecule has 2 N–H and O–H groups in total. The number of aliphatic hydroxyl groups excluding tert-OH is 1. The number of hydrogen-bond acceptors (Lipinski definition) is 3. The molecule has 0 aromatic heterocycles. The van der Waals surface area contributed by atoms with Crippen LogP contribution in [-0.4, -0.2) is 24.2 Å². The average molecular weight is 207 g/mol. The highest BCUT2D eigenvalue weighted by atomic mass is 16.5. The highest BCUT2D eigenvalue weighted by molar-refractivity contribution is 5.94. The summed E-state index contributed by atoms with van der Waals surface area (Å²) < 4.78 is 5.39. The zero-order chi connectivity index (χ0) is 10.7. The Balaban J connectivity index is 2.25. The van der Waals surface area contributed by atoms with Crippen molar-refractivity contribution in [2.75, 3.05) is 18.5 Å². The molecule has 1 aliphatic rings. The van der Waals surface area contributed by atoms with Gasteiger partial charge in [0.2, 0.25) is 5.91 Å². The van der Waals surface area contributed by atoms with Crippen molar-refractivity contribution in [3.63, 3.8) is 0 Å². The molecule has 0 spiro atoms. The highest BCUT2D eigenvalue weighted by Crippen LogP contribution is 2.30. The highest BCUT2D eigenvalue weighted by Gasteiger charge is 2.17. The number of amides is 1. The van der Waals surface area contributed by atoms with E-state index in [4.69, 9.17) is 9.84 Å². The maximum atomic E-state index is 11.2. The van der Waals surface area contributed by atoms with Gasteiger partial charge in [0.15, 0.2) is 0 Å². The Hall–Kier alpha value is -1.55. The second-order valence-electron chi connectivity index (χ2n) is 3.40. The molecule has 4 heteroatoms. The molecule has 15 heavy (non-hydrogen) atoms. The summed E-state index contributed by atoms with van der Waals surface area (Å²) in [4.78, 5) is 11.2. The second kappa shape index (κ2) is 4.31. The zero-order valence-electron chi connectivity index (χ0n) is 8.32. The Morgan fingerprint density at radius 3 is 3.07 bits per heavy atom. The Labute approximate surface area is 87.9 Å². The van der Waals surface area contributed by atoms with Gasteiger partial charge in [-0.1, -0.05) is 6.07 Å². The molecule has 0 radical (unpaired) electrons. The van der Waals surface area contributed by atoms with E-state index >= 15 is 0 Å². The lowest BCUT2D eigenvalue weighted by atomic mass is 10.0. The minimum Gasteiger partial charge on any atom is -0.491 e. The third kappa shape index (κ3) is 2.10. The maximum absolute atomic E-state index is 11.2. The monoisotopic (exact) mass is 207 g/mol. The molecule has 0 unspecified atom stereocenters. The third-order valence-corrected chi connectivity index (χ3v) is 2.36. The van der Waals surface area contributed by atoms with E-state index in [-0.39, 0.29) is 19.1 Å². The van der Waals surface area contributed by atoms with Crippen molar-refractivity contribution in [2.24, 2.45) is 0 Å². The fourth-order valence-corrected chi connectivity index (χ4v) is 1.68. The first-order valence-corrected chi connectivity index (χ1v) is 4.96. The predicted molar refractivity (Wildman–Crippen MR) is 56.0 cm³/mol. The van der Waals surface area contributed by atoms with Crippen LogP contribution < -0.4 is 10.1 Å². The summed E-state index contributed by atoms with van der Waals surface area (Å²) in [5.74, 6) is 0.795. The molecule has 80 valence electrons. The molecule has 4 nitrogen and oxygen atoms in total. The molecule has 0 fully saturated rings. The number of fused-ring (bicyclic) bond motifs is 1. The summed E-state index contributed by atoms with van der Waals surface area (Å²) in [5.41, 5.74) is 1.84. The Kier molecular flexibility index (Phi) is 2.87. The number of carbonyl (C=O) groups is 1. The van der Waals surface area contributed by atoms with Gasteiger partial charge in [0.05, 0.1) is 6.61 Å². The van der Waals surface area contributed by atoms with E-state index in [1.807, 2.05) is 18.2 Å². The molecule has 1 amide bonds. The van der Waals surface area contributed by atoms with Crippen LogP contribution in [0, 0.1) is 0 Å². The number of hydrogen-bond donors (Lipinski definition) is 2. The fourth-order valence-electron chi connectivity index (χ4n) is 1.68. The van der Waals surface area contributed by atoms with E-state index in [2.05, 4.69) is 5.32 Å². The summed E-state index contributed by atoms with van der Waals surface area (Å²) in [7, 11) is 0. The number of aliphatic hydroxyl groups is 1. The number of benzene rings is 1. The molecule has 2 rings (SSSR count). The van der Waals surface area contributed by atoms with Gasteiger partial charge in [-0.15, -0.1) is 0 Å². The normalized spacial score (nSPS) is 14.3. The van der Waals surface area contributed by atoms with Crippen LogP contribution in [0.25, 0.3) is 0 Å². The quantitative estimate of drug-likeness (QED) is 0.775. The summed E-state index contributed by atoms with van der Waals surface area (Å²) in [6.07, 6.45) is 1.19. The topological polar surface area (TPSA) is 58.6 Å². The minimum atomic E-state index is -0.00394. The Morgan fingerprint density at radius 2 is 2.27 bits per heavy atom. The summed E-state index contributed by atoms with van der Waals surface area (Å²) in [5, 5.41) is 11.5. The van der Waals surface area contributed by atoms with Gasteiger partial charge < -0.3 is 15.2 Å². The van der Waals surface area contributed by atoms with E-state index in [0.29, 0.717) is 12.8 Å². The SMILES string of the molecule is O=C1CCc2c(cccc2OCCO)N1. The van der Waals surface area contributed by atoms with Gasteiger partial charge in [0.1, 0.15) is 12.4 Å².